The number of halogens is 1. The summed E-state index contributed by atoms with van der Waals surface area (Å²) in [5, 5.41) is 12.7. The number of hydrogen-bond donors (Lipinski definition) is 2. The van der Waals surface area contributed by atoms with E-state index in [0.29, 0.717) is 5.92 Å². The number of nitrogens with one attached hydrogen (secondary N) is 1. The number of aliphatic hydroxyl groups excluding tert-OH is 1. The monoisotopic (exact) mass is 253 g/mol. The van der Waals surface area contributed by atoms with Gasteiger partial charge in [0.15, 0.2) is 0 Å². The molecule has 0 aliphatic rings. The molecule has 1 unspecified atom stereocenters. The zero-order chi connectivity index (χ0) is 13.8. The smallest absolute Gasteiger partial charge is 0.123 e. The lowest BCUT2D eigenvalue weighted by Crippen LogP contribution is -2.43. The molecule has 0 spiro atoms. The Kier molecular flexibility index (Phi) is 5.29. The van der Waals surface area contributed by atoms with E-state index in [1.807, 2.05) is 12.1 Å². The molecule has 1 rings (SSSR count). The molecule has 2 N–H and O–H groups in total. The molecule has 0 saturated carbocycles. The topological polar surface area (TPSA) is 32.3 Å². The van der Waals surface area contributed by atoms with Crippen LogP contribution in [0.4, 0.5) is 4.39 Å². The average Bonchev–Trinajstić information content (AvgIpc) is 2.29. The predicted molar refractivity (Wildman–Crippen MR) is 73.1 cm³/mol. The van der Waals surface area contributed by atoms with Crippen molar-refractivity contribution >= 4 is 0 Å². The van der Waals surface area contributed by atoms with E-state index in [1.54, 1.807) is 0 Å². The van der Waals surface area contributed by atoms with E-state index < -0.39 is 0 Å². The Morgan fingerprint density at radius 2 is 1.78 bits per heavy atom. The average molecular weight is 253 g/mol. The Hall–Kier alpha value is -0.930. The molecule has 18 heavy (non-hydrogen) atoms. The van der Waals surface area contributed by atoms with Gasteiger partial charge in [0.1, 0.15) is 5.82 Å². The van der Waals surface area contributed by atoms with Gasteiger partial charge in [0.2, 0.25) is 0 Å². The zero-order valence-corrected chi connectivity index (χ0v) is 11.7. The van der Waals surface area contributed by atoms with Gasteiger partial charge >= 0.3 is 0 Å². The normalized spacial score (nSPS) is 13.9. The molecule has 0 bridgehead atoms. The molecule has 102 valence electrons. The Morgan fingerprint density at radius 3 is 2.22 bits per heavy atom. The lowest BCUT2D eigenvalue weighted by atomic mass is 9.84. The van der Waals surface area contributed by atoms with Crippen LogP contribution >= 0.6 is 0 Å². The molecule has 0 amide bonds. The van der Waals surface area contributed by atoms with E-state index in [2.05, 4.69) is 33.0 Å². The van der Waals surface area contributed by atoms with Crippen LogP contribution in [0.3, 0.4) is 0 Å². The van der Waals surface area contributed by atoms with Gasteiger partial charge in [0.25, 0.3) is 0 Å². The van der Waals surface area contributed by atoms with E-state index in [4.69, 9.17) is 0 Å². The highest BCUT2D eigenvalue weighted by Crippen LogP contribution is 2.22. The van der Waals surface area contributed by atoms with Crippen LogP contribution < -0.4 is 5.32 Å². The molecule has 1 aromatic carbocycles. The molecule has 1 atom stereocenters. The van der Waals surface area contributed by atoms with Crippen LogP contribution in [0.15, 0.2) is 24.3 Å². The van der Waals surface area contributed by atoms with Crippen molar-refractivity contribution < 1.29 is 9.50 Å². The van der Waals surface area contributed by atoms with Crippen LogP contribution in [0.25, 0.3) is 0 Å². The minimum absolute atomic E-state index is 0.0873. The maximum Gasteiger partial charge on any atom is 0.123 e. The highest BCUT2D eigenvalue weighted by molar-refractivity contribution is 5.24. The van der Waals surface area contributed by atoms with Gasteiger partial charge in [-0.05, 0) is 23.6 Å². The van der Waals surface area contributed by atoms with Crippen LogP contribution in [-0.2, 0) is 5.41 Å². The Bertz CT molecular complexity index is 359. The first-order valence-electron chi connectivity index (χ1n) is 6.47. The van der Waals surface area contributed by atoms with Crippen molar-refractivity contribution in [3.8, 4) is 0 Å². The van der Waals surface area contributed by atoms with Crippen molar-refractivity contribution in [2.75, 3.05) is 13.2 Å². The van der Waals surface area contributed by atoms with Crippen molar-refractivity contribution in [2.24, 2.45) is 5.92 Å². The van der Waals surface area contributed by atoms with E-state index >= 15 is 0 Å². The quantitative estimate of drug-likeness (QED) is 0.817. The van der Waals surface area contributed by atoms with Gasteiger partial charge in [-0.1, -0.05) is 39.8 Å². The first-order chi connectivity index (χ1) is 8.36. The largest absolute Gasteiger partial charge is 0.395 e. The fourth-order valence-corrected chi connectivity index (χ4v) is 1.90. The van der Waals surface area contributed by atoms with Gasteiger partial charge in [0.05, 0.1) is 6.61 Å². The first-order valence-corrected chi connectivity index (χ1v) is 6.47. The number of hydrogen-bond acceptors (Lipinski definition) is 2. The van der Waals surface area contributed by atoms with Crippen molar-refractivity contribution in [2.45, 2.75) is 39.2 Å². The fraction of sp³-hybridized carbons (Fsp3) is 0.600. The van der Waals surface area contributed by atoms with Crippen molar-refractivity contribution in [3.63, 3.8) is 0 Å². The maximum absolute atomic E-state index is 12.9. The standard InChI is InChI=1S/C15H24FNO/c1-11(2)14(9-18)17-10-15(3,4)12-5-7-13(16)8-6-12/h5-8,11,14,17-18H,9-10H2,1-4H3. The second-order valence-corrected chi connectivity index (χ2v) is 5.80. The fourth-order valence-electron chi connectivity index (χ4n) is 1.90. The minimum atomic E-state index is -0.210. The summed E-state index contributed by atoms with van der Waals surface area (Å²) in [5.74, 6) is 0.178. The summed E-state index contributed by atoms with van der Waals surface area (Å²) in [6.07, 6.45) is 0. The predicted octanol–water partition coefficient (Wildman–Crippen LogP) is 2.71. The van der Waals surface area contributed by atoms with Crippen molar-refractivity contribution in [1.29, 1.82) is 0 Å². The maximum atomic E-state index is 12.9. The molecule has 0 radical (unpaired) electrons. The summed E-state index contributed by atoms with van der Waals surface area (Å²) in [4.78, 5) is 0. The molecule has 2 nitrogen and oxygen atoms in total. The van der Waals surface area contributed by atoms with Gasteiger partial charge in [-0.15, -0.1) is 0 Å². The third kappa shape index (κ3) is 4.07. The highest BCUT2D eigenvalue weighted by atomic mass is 19.1. The summed E-state index contributed by atoms with van der Waals surface area (Å²) in [6.45, 7) is 9.28. The zero-order valence-electron chi connectivity index (χ0n) is 11.7. The summed E-state index contributed by atoms with van der Waals surface area (Å²) in [5.41, 5.74) is 1.01. The second-order valence-electron chi connectivity index (χ2n) is 5.80. The molecule has 0 saturated heterocycles. The number of rotatable bonds is 6. The molecular weight excluding hydrogens is 229 g/mol. The van der Waals surface area contributed by atoms with Crippen molar-refractivity contribution in [3.05, 3.63) is 35.6 Å². The minimum Gasteiger partial charge on any atom is -0.395 e. The van der Waals surface area contributed by atoms with Gasteiger partial charge < -0.3 is 10.4 Å². The third-order valence-electron chi connectivity index (χ3n) is 3.43. The Balaban J connectivity index is 2.66. The molecule has 0 heterocycles. The first kappa shape index (κ1) is 15.1. The highest BCUT2D eigenvalue weighted by Gasteiger charge is 2.22. The molecule has 0 aromatic heterocycles. The summed E-state index contributed by atoms with van der Waals surface area (Å²) < 4.78 is 12.9. The Morgan fingerprint density at radius 1 is 1.22 bits per heavy atom. The Labute approximate surface area is 109 Å². The van der Waals surface area contributed by atoms with E-state index in [-0.39, 0.29) is 23.9 Å². The van der Waals surface area contributed by atoms with Crippen LogP contribution in [0, 0.1) is 11.7 Å². The third-order valence-corrected chi connectivity index (χ3v) is 3.43. The van der Waals surface area contributed by atoms with Crippen LogP contribution in [0.5, 0.6) is 0 Å². The molecule has 1 aromatic rings. The van der Waals surface area contributed by atoms with Gasteiger partial charge in [-0.2, -0.15) is 0 Å². The van der Waals surface area contributed by atoms with Crippen LogP contribution in [-0.4, -0.2) is 24.3 Å². The molecule has 3 heteroatoms. The second kappa shape index (κ2) is 6.30. The SMILES string of the molecule is CC(C)C(CO)NCC(C)(C)c1ccc(F)cc1. The van der Waals surface area contributed by atoms with Crippen molar-refractivity contribution in [1.82, 2.24) is 5.32 Å². The molecule has 0 fully saturated rings. The van der Waals surface area contributed by atoms with Gasteiger partial charge in [0, 0.05) is 18.0 Å². The number of aliphatic hydroxyl groups is 1. The van der Waals surface area contributed by atoms with E-state index in [1.165, 1.54) is 12.1 Å². The van der Waals surface area contributed by atoms with E-state index in [9.17, 15) is 9.50 Å². The summed E-state index contributed by atoms with van der Waals surface area (Å²) in [6, 6.07) is 6.72. The van der Waals surface area contributed by atoms with Crippen LogP contribution in [0.2, 0.25) is 0 Å². The van der Waals surface area contributed by atoms with Crippen LogP contribution in [0.1, 0.15) is 33.3 Å². The number of benzene rings is 1. The summed E-state index contributed by atoms with van der Waals surface area (Å²) >= 11 is 0. The molecule has 0 aliphatic carbocycles. The lowest BCUT2D eigenvalue weighted by Gasteiger charge is -2.29. The van der Waals surface area contributed by atoms with Gasteiger partial charge in [-0.25, -0.2) is 4.39 Å². The molecular formula is C15H24FNO. The molecule has 0 aliphatic heterocycles. The lowest BCUT2D eigenvalue weighted by molar-refractivity contribution is 0.204. The van der Waals surface area contributed by atoms with Gasteiger partial charge in [-0.3, -0.25) is 0 Å². The van der Waals surface area contributed by atoms with E-state index in [0.717, 1.165) is 12.1 Å². The summed E-state index contributed by atoms with van der Waals surface area (Å²) in [7, 11) is 0.